The molecular formula is C5H10N4O. The molecule has 10 heavy (non-hydrogen) atoms. The lowest BCUT2D eigenvalue weighted by Gasteiger charge is -2.16. The average molecular weight is 142 g/mol. The van der Waals surface area contributed by atoms with Crippen LogP contribution in [-0.4, -0.2) is 26.8 Å². The number of hydrogen-bond acceptors (Lipinski definition) is 4. The molecule has 0 aromatic carbocycles. The molecule has 0 aliphatic heterocycles. The van der Waals surface area contributed by atoms with Gasteiger partial charge in [0.05, 0.1) is 0 Å². The van der Waals surface area contributed by atoms with E-state index in [2.05, 4.69) is 15.2 Å². The summed E-state index contributed by atoms with van der Waals surface area (Å²) in [4.78, 5) is 3.76. The fraction of sp³-hybridized carbons (Fsp3) is 0.600. The lowest BCUT2D eigenvalue weighted by Crippen LogP contribution is -2.32. The Morgan fingerprint density at radius 3 is 3.00 bits per heavy atom. The third-order valence-corrected chi connectivity index (χ3v) is 1.32. The molecule has 0 amide bonds. The van der Waals surface area contributed by atoms with Crippen molar-refractivity contribution < 1.29 is 5.11 Å². The molecule has 1 aromatic rings. The summed E-state index contributed by atoms with van der Waals surface area (Å²) in [7, 11) is 0. The third-order valence-electron chi connectivity index (χ3n) is 1.32. The molecule has 0 aliphatic rings. The zero-order valence-corrected chi connectivity index (χ0v) is 5.70. The SMILES string of the molecule is CC(O)(CN)c1ncn[nH]1. The van der Waals surface area contributed by atoms with Crippen molar-refractivity contribution in [1.82, 2.24) is 15.2 Å². The van der Waals surface area contributed by atoms with Crippen LogP contribution in [0.5, 0.6) is 0 Å². The smallest absolute Gasteiger partial charge is 0.157 e. The molecule has 1 rings (SSSR count). The Morgan fingerprint density at radius 2 is 2.60 bits per heavy atom. The van der Waals surface area contributed by atoms with Gasteiger partial charge in [-0.05, 0) is 6.92 Å². The van der Waals surface area contributed by atoms with Crippen LogP contribution in [0.4, 0.5) is 0 Å². The number of nitrogens with one attached hydrogen (secondary N) is 1. The van der Waals surface area contributed by atoms with Gasteiger partial charge in [0.2, 0.25) is 0 Å². The van der Waals surface area contributed by atoms with Crippen molar-refractivity contribution in [3.63, 3.8) is 0 Å². The second kappa shape index (κ2) is 2.36. The lowest BCUT2D eigenvalue weighted by molar-refractivity contribution is 0.0576. The molecule has 1 heterocycles. The van der Waals surface area contributed by atoms with E-state index in [-0.39, 0.29) is 6.54 Å². The van der Waals surface area contributed by atoms with Gasteiger partial charge in [0.1, 0.15) is 11.9 Å². The standard InChI is InChI=1S/C5H10N4O/c1-5(10,2-6)4-7-3-8-9-4/h3,10H,2,6H2,1H3,(H,7,8,9). The Balaban J connectivity index is 2.85. The van der Waals surface area contributed by atoms with Crippen molar-refractivity contribution in [1.29, 1.82) is 0 Å². The molecule has 1 aromatic heterocycles. The topological polar surface area (TPSA) is 87.8 Å². The Morgan fingerprint density at radius 1 is 1.90 bits per heavy atom. The maximum atomic E-state index is 9.42. The Labute approximate surface area is 58.3 Å². The van der Waals surface area contributed by atoms with Crippen LogP contribution in [0.2, 0.25) is 0 Å². The molecule has 0 spiro atoms. The van der Waals surface area contributed by atoms with E-state index in [4.69, 9.17) is 5.73 Å². The predicted octanol–water partition coefficient (Wildman–Crippen LogP) is -1.03. The fourth-order valence-corrected chi connectivity index (χ4v) is 0.562. The molecule has 1 atom stereocenters. The minimum Gasteiger partial charge on any atom is -0.381 e. The molecular weight excluding hydrogens is 132 g/mol. The first-order valence-corrected chi connectivity index (χ1v) is 2.95. The van der Waals surface area contributed by atoms with Gasteiger partial charge in [-0.1, -0.05) is 0 Å². The van der Waals surface area contributed by atoms with Gasteiger partial charge in [-0.2, -0.15) is 5.10 Å². The van der Waals surface area contributed by atoms with Crippen LogP contribution in [0.15, 0.2) is 6.33 Å². The van der Waals surface area contributed by atoms with Gasteiger partial charge < -0.3 is 10.8 Å². The summed E-state index contributed by atoms with van der Waals surface area (Å²) in [6, 6.07) is 0. The highest BCUT2D eigenvalue weighted by Crippen LogP contribution is 2.11. The number of aliphatic hydroxyl groups is 1. The van der Waals surface area contributed by atoms with Gasteiger partial charge in [-0.15, -0.1) is 0 Å². The van der Waals surface area contributed by atoms with Gasteiger partial charge in [0, 0.05) is 6.54 Å². The Kier molecular flexibility index (Phi) is 1.69. The molecule has 5 heteroatoms. The zero-order chi connectivity index (χ0) is 7.61. The van der Waals surface area contributed by atoms with Gasteiger partial charge in [-0.3, -0.25) is 5.10 Å². The van der Waals surface area contributed by atoms with Crippen molar-refractivity contribution in [3.8, 4) is 0 Å². The maximum absolute atomic E-state index is 9.42. The highest BCUT2D eigenvalue weighted by atomic mass is 16.3. The molecule has 0 radical (unpaired) electrons. The maximum Gasteiger partial charge on any atom is 0.157 e. The van der Waals surface area contributed by atoms with E-state index < -0.39 is 5.60 Å². The van der Waals surface area contributed by atoms with Gasteiger partial charge in [0.25, 0.3) is 0 Å². The predicted molar refractivity (Wildman–Crippen MR) is 35.0 cm³/mol. The number of aromatic nitrogens is 3. The van der Waals surface area contributed by atoms with E-state index in [1.165, 1.54) is 6.33 Å². The fourth-order valence-electron chi connectivity index (χ4n) is 0.562. The van der Waals surface area contributed by atoms with Crippen LogP contribution in [0.1, 0.15) is 12.7 Å². The van der Waals surface area contributed by atoms with E-state index in [0.29, 0.717) is 5.82 Å². The monoisotopic (exact) mass is 142 g/mol. The normalized spacial score (nSPS) is 16.7. The van der Waals surface area contributed by atoms with E-state index in [1.54, 1.807) is 6.92 Å². The third kappa shape index (κ3) is 1.14. The number of hydrogen-bond donors (Lipinski definition) is 3. The van der Waals surface area contributed by atoms with Crippen LogP contribution in [0, 0.1) is 0 Å². The molecule has 0 saturated heterocycles. The summed E-state index contributed by atoms with van der Waals surface area (Å²) in [5, 5.41) is 15.5. The van der Waals surface area contributed by atoms with Crippen molar-refractivity contribution in [2.45, 2.75) is 12.5 Å². The molecule has 0 saturated carbocycles. The van der Waals surface area contributed by atoms with Crippen molar-refractivity contribution in [3.05, 3.63) is 12.2 Å². The molecule has 0 aliphatic carbocycles. The first-order valence-electron chi connectivity index (χ1n) is 2.95. The largest absolute Gasteiger partial charge is 0.381 e. The van der Waals surface area contributed by atoms with Crippen LogP contribution in [0.25, 0.3) is 0 Å². The lowest BCUT2D eigenvalue weighted by atomic mass is 10.1. The average Bonchev–Trinajstić information content (AvgIpc) is 2.38. The first kappa shape index (κ1) is 7.17. The molecule has 5 nitrogen and oxygen atoms in total. The van der Waals surface area contributed by atoms with Crippen LogP contribution >= 0.6 is 0 Å². The zero-order valence-electron chi connectivity index (χ0n) is 5.70. The Hall–Kier alpha value is -0.940. The molecule has 0 bridgehead atoms. The minimum absolute atomic E-state index is 0.127. The molecule has 56 valence electrons. The molecule has 4 N–H and O–H groups in total. The summed E-state index contributed by atoms with van der Waals surface area (Å²) in [6.07, 6.45) is 1.33. The minimum atomic E-state index is -1.09. The number of nitrogens with zero attached hydrogens (tertiary/aromatic N) is 2. The van der Waals surface area contributed by atoms with Gasteiger partial charge in [0.15, 0.2) is 5.82 Å². The summed E-state index contributed by atoms with van der Waals surface area (Å²) in [6.45, 7) is 1.70. The summed E-state index contributed by atoms with van der Waals surface area (Å²) in [5.41, 5.74) is 4.17. The van der Waals surface area contributed by atoms with Crippen LogP contribution in [-0.2, 0) is 5.60 Å². The van der Waals surface area contributed by atoms with Crippen LogP contribution in [0.3, 0.4) is 0 Å². The van der Waals surface area contributed by atoms with Gasteiger partial charge >= 0.3 is 0 Å². The highest BCUT2D eigenvalue weighted by molar-refractivity contribution is 4.96. The van der Waals surface area contributed by atoms with E-state index in [9.17, 15) is 5.11 Å². The number of nitrogens with two attached hydrogens (primary N) is 1. The van der Waals surface area contributed by atoms with Crippen LogP contribution < -0.4 is 5.73 Å². The molecule has 1 unspecified atom stereocenters. The molecule has 0 fully saturated rings. The highest BCUT2D eigenvalue weighted by Gasteiger charge is 2.23. The summed E-state index contributed by atoms with van der Waals surface area (Å²) in [5.74, 6) is 0.398. The second-order valence-corrected chi connectivity index (χ2v) is 2.31. The van der Waals surface area contributed by atoms with E-state index >= 15 is 0 Å². The second-order valence-electron chi connectivity index (χ2n) is 2.31. The Bertz CT molecular complexity index is 193. The van der Waals surface area contributed by atoms with Crippen molar-refractivity contribution >= 4 is 0 Å². The van der Waals surface area contributed by atoms with E-state index in [1.807, 2.05) is 0 Å². The number of aromatic amines is 1. The summed E-state index contributed by atoms with van der Waals surface area (Å²) < 4.78 is 0. The van der Waals surface area contributed by atoms with Crippen molar-refractivity contribution in [2.75, 3.05) is 6.54 Å². The van der Waals surface area contributed by atoms with Crippen molar-refractivity contribution in [2.24, 2.45) is 5.73 Å². The van der Waals surface area contributed by atoms with Gasteiger partial charge in [-0.25, -0.2) is 4.98 Å². The summed E-state index contributed by atoms with van der Waals surface area (Å²) >= 11 is 0. The van der Waals surface area contributed by atoms with E-state index in [0.717, 1.165) is 0 Å². The number of rotatable bonds is 2. The number of H-pyrrole nitrogens is 1. The quantitative estimate of drug-likeness (QED) is 0.492. The first-order chi connectivity index (χ1) is 4.67.